The molecule has 1 aliphatic heterocycles. The molecular weight excluding hydrogens is 380 g/mol. The quantitative estimate of drug-likeness (QED) is 0.607. The fraction of sp³-hybridized carbons (Fsp3) is 0.409. The van der Waals surface area contributed by atoms with Crippen LogP contribution in [-0.2, 0) is 0 Å². The van der Waals surface area contributed by atoms with Gasteiger partial charge in [0.1, 0.15) is 11.9 Å². The lowest BCUT2D eigenvalue weighted by atomic mass is 9.81. The number of nitrogen functional groups attached to an aromatic ring is 1. The smallest absolute Gasteiger partial charge is 0.233 e. The first kappa shape index (κ1) is 20.2. The van der Waals surface area contributed by atoms with Crippen LogP contribution in [0.5, 0.6) is 11.6 Å². The molecule has 0 aliphatic carbocycles. The first-order valence-electron chi connectivity index (χ1n) is 10.0. The van der Waals surface area contributed by atoms with E-state index in [4.69, 9.17) is 10.5 Å². The Hall–Kier alpha value is -3.13. The normalized spacial score (nSPS) is 18.3. The Morgan fingerprint density at radius 2 is 1.83 bits per heavy atom. The number of nitrogens with one attached hydrogen (secondary N) is 1. The van der Waals surface area contributed by atoms with E-state index in [1.165, 1.54) is 0 Å². The molecule has 3 heterocycles. The van der Waals surface area contributed by atoms with E-state index in [2.05, 4.69) is 48.3 Å². The van der Waals surface area contributed by atoms with Gasteiger partial charge in [0.05, 0.1) is 29.5 Å². The number of hydrogen-bond donors (Lipinski definition) is 3. The summed E-state index contributed by atoms with van der Waals surface area (Å²) in [6.45, 7) is 8.73. The van der Waals surface area contributed by atoms with Crippen molar-refractivity contribution in [2.45, 2.75) is 57.7 Å². The molecule has 0 unspecified atom stereocenters. The summed E-state index contributed by atoms with van der Waals surface area (Å²) in [6, 6.07) is 8.84. The summed E-state index contributed by atoms with van der Waals surface area (Å²) in [5, 5.41) is 26.8. The zero-order chi connectivity index (χ0) is 21.5. The molecule has 0 saturated carbocycles. The number of aromatic hydroxyl groups is 1. The molecule has 8 nitrogen and oxygen atoms in total. The van der Waals surface area contributed by atoms with Crippen LogP contribution in [0.3, 0.4) is 0 Å². The fourth-order valence-electron chi connectivity index (χ4n) is 4.37. The molecule has 0 atom stereocenters. The second-order valence-corrected chi connectivity index (χ2v) is 9.22. The average Bonchev–Trinajstić information content (AvgIpc) is 3.06. The van der Waals surface area contributed by atoms with E-state index in [0.29, 0.717) is 28.5 Å². The minimum atomic E-state index is -0.00738. The summed E-state index contributed by atoms with van der Waals surface area (Å²) < 4.78 is 7.73. The molecule has 0 spiro atoms. The molecule has 0 amide bonds. The van der Waals surface area contributed by atoms with Gasteiger partial charge in [-0.3, -0.25) is 0 Å². The van der Waals surface area contributed by atoms with E-state index in [1.807, 2.05) is 6.07 Å². The highest BCUT2D eigenvalue weighted by molar-refractivity contribution is 5.68. The molecule has 158 valence electrons. The van der Waals surface area contributed by atoms with Gasteiger partial charge in [0.15, 0.2) is 0 Å². The summed E-state index contributed by atoms with van der Waals surface area (Å²) in [5.41, 5.74) is 8.11. The van der Waals surface area contributed by atoms with Crippen molar-refractivity contribution in [2.24, 2.45) is 0 Å². The number of hydrogen-bond acceptors (Lipinski definition) is 7. The predicted molar refractivity (Wildman–Crippen MR) is 116 cm³/mol. The molecule has 1 aromatic carbocycles. The predicted octanol–water partition coefficient (Wildman–Crippen LogP) is 3.31. The maximum Gasteiger partial charge on any atom is 0.233 e. The van der Waals surface area contributed by atoms with Crippen LogP contribution >= 0.6 is 0 Å². The maximum absolute atomic E-state index is 10.5. The van der Waals surface area contributed by atoms with Crippen LogP contribution in [0.2, 0.25) is 0 Å². The molecule has 1 fully saturated rings. The standard InChI is InChI=1S/C22H28N6O2/c1-21(2)10-16(11-22(3,4)27-21)30-20-8-7-18(25-26-20)17-6-5-15(9-19(17)29)28-13-14(23)12-24-28/h5-9,12-13,16,27,29H,10-11,23H2,1-4H3. The lowest BCUT2D eigenvalue weighted by Crippen LogP contribution is -2.60. The monoisotopic (exact) mass is 408 g/mol. The Morgan fingerprint density at radius 1 is 1.10 bits per heavy atom. The number of phenols is 1. The van der Waals surface area contributed by atoms with Crippen molar-refractivity contribution in [3.05, 3.63) is 42.7 Å². The highest BCUT2D eigenvalue weighted by Crippen LogP contribution is 2.32. The number of rotatable bonds is 4. The maximum atomic E-state index is 10.5. The molecule has 0 bridgehead atoms. The van der Waals surface area contributed by atoms with Gasteiger partial charge in [-0.15, -0.1) is 10.2 Å². The van der Waals surface area contributed by atoms with Crippen molar-refractivity contribution in [1.29, 1.82) is 0 Å². The fourth-order valence-corrected chi connectivity index (χ4v) is 4.37. The number of piperidine rings is 1. The Balaban J connectivity index is 1.50. The first-order chi connectivity index (χ1) is 14.1. The van der Waals surface area contributed by atoms with Crippen molar-refractivity contribution < 1.29 is 9.84 Å². The third-order valence-corrected chi connectivity index (χ3v) is 5.20. The van der Waals surface area contributed by atoms with Crippen molar-refractivity contribution in [3.8, 4) is 28.6 Å². The largest absolute Gasteiger partial charge is 0.507 e. The van der Waals surface area contributed by atoms with Crippen LogP contribution in [0.25, 0.3) is 16.9 Å². The van der Waals surface area contributed by atoms with Crippen LogP contribution in [0.15, 0.2) is 42.7 Å². The van der Waals surface area contributed by atoms with E-state index in [9.17, 15) is 5.11 Å². The molecule has 2 aromatic heterocycles. The number of benzene rings is 1. The molecule has 30 heavy (non-hydrogen) atoms. The lowest BCUT2D eigenvalue weighted by Gasteiger charge is -2.46. The van der Waals surface area contributed by atoms with Gasteiger partial charge < -0.3 is 20.9 Å². The Morgan fingerprint density at radius 3 is 2.40 bits per heavy atom. The number of phenolic OH excluding ortho intramolecular Hbond substituents is 1. The van der Waals surface area contributed by atoms with Gasteiger partial charge in [0.25, 0.3) is 0 Å². The van der Waals surface area contributed by atoms with E-state index in [0.717, 1.165) is 12.8 Å². The van der Waals surface area contributed by atoms with Crippen molar-refractivity contribution in [1.82, 2.24) is 25.3 Å². The minimum Gasteiger partial charge on any atom is -0.507 e. The minimum absolute atomic E-state index is 0.00738. The van der Waals surface area contributed by atoms with Crippen LogP contribution < -0.4 is 15.8 Å². The van der Waals surface area contributed by atoms with E-state index < -0.39 is 0 Å². The van der Waals surface area contributed by atoms with E-state index in [1.54, 1.807) is 41.3 Å². The van der Waals surface area contributed by atoms with Gasteiger partial charge in [0, 0.05) is 41.6 Å². The highest BCUT2D eigenvalue weighted by atomic mass is 16.5. The summed E-state index contributed by atoms with van der Waals surface area (Å²) >= 11 is 0. The van der Waals surface area contributed by atoms with Gasteiger partial charge in [-0.2, -0.15) is 5.10 Å². The average molecular weight is 409 g/mol. The number of nitrogens with two attached hydrogens (primary N) is 1. The third-order valence-electron chi connectivity index (χ3n) is 5.20. The van der Waals surface area contributed by atoms with Crippen LogP contribution in [0, 0.1) is 0 Å². The number of aromatic nitrogens is 4. The number of anilines is 1. The van der Waals surface area contributed by atoms with E-state index >= 15 is 0 Å². The zero-order valence-electron chi connectivity index (χ0n) is 17.8. The van der Waals surface area contributed by atoms with Crippen molar-refractivity contribution >= 4 is 5.69 Å². The second kappa shape index (κ2) is 7.28. The van der Waals surface area contributed by atoms with E-state index in [-0.39, 0.29) is 22.9 Å². The molecule has 4 rings (SSSR count). The van der Waals surface area contributed by atoms with Gasteiger partial charge in [-0.1, -0.05) is 0 Å². The molecule has 1 aliphatic rings. The molecule has 0 radical (unpaired) electrons. The molecular formula is C22H28N6O2. The second-order valence-electron chi connectivity index (χ2n) is 9.22. The van der Waals surface area contributed by atoms with Crippen LogP contribution in [-0.4, -0.2) is 42.3 Å². The van der Waals surface area contributed by atoms with Crippen LogP contribution in [0.1, 0.15) is 40.5 Å². The van der Waals surface area contributed by atoms with Crippen molar-refractivity contribution in [3.63, 3.8) is 0 Å². The SMILES string of the molecule is CC1(C)CC(Oc2ccc(-c3ccc(-n4cc(N)cn4)cc3O)nn2)CC(C)(C)N1. The van der Waals surface area contributed by atoms with Gasteiger partial charge in [-0.05, 0) is 45.9 Å². The molecule has 1 saturated heterocycles. The number of ether oxygens (including phenoxy) is 1. The summed E-state index contributed by atoms with van der Waals surface area (Å²) in [5.74, 6) is 0.576. The van der Waals surface area contributed by atoms with Gasteiger partial charge in [-0.25, -0.2) is 4.68 Å². The van der Waals surface area contributed by atoms with Gasteiger partial charge >= 0.3 is 0 Å². The zero-order valence-corrected chi connectivity index (χ0v) is 17.8. The molecule has 3 aromatic rings. The first-order valence-corrected chi connectivity index (χ1v) is 10.0. The highest BCUT2D eigenvalue weighted by Gasteiger charge is 2.38. The summed E-state index contributed by atoms with van der Waals surface area (Å²) in [4.78, 5) is 0. The Bertz CT molecular complexity index is 1030. The Kier molecular flexibility index (Phi) is 4.89. The lowest BCUT2D eigenvalue weighted by molar-refractivity contribution is 0.0524. The molecule has 4 N–H and O–H groups in total. The topological polar surface area (TPSA) is 111 Å². The van der Waals surface area contributed by atoms with Crippen molar-refractivity contribution in [2.75, 3.05) is 5.73 Å². The summed E-state index contributed by atoms with van der Waals surface area (Å²) in [7, 11) is 0. The summed E-state index contributed by atoms with van der Waals surface area (Å²) in [6.07, 6.45) is 5.08. The third kappa shape index (κ3) is 4.38. The van der Waals surface area contributed by atoms with Crippen LogP contribution in [0.4, 0.5) is 5.69 Å². The number of nitrogens with zero attached hydrogens (tertiary/aromatic N) is 4. The Labute approximate surface area is 176 Å². The molecule has 8 heteroatoms. The van der Waals surface area contributed by atoms with Gasteiger partial charge in [0.2, 0.25) is 5.88 Å².